The highest BCUT2D eigenvalue weighted by Crippen LogP contribution is 2.12. The number of carbonyl (C=O) groups excluding carboxylic acids is 1. The molecule has 5 heteroatoms. The van der Waals surface area contributed by atoms with Crippen molar-refractivity contribution in [2.75, 3.05) is 0 Å². The van der Waals surface area contributed by atoms with E-state index in [4.69, 9.17) is 16.0 Å². The lowest BCUT2D eigenvalue weighted by molar-refractivity contribution is 0.230. The highest BCUT2D eigenvalue weighted by Gasteiger charge is 2.13. The van der Waals surface area contributed by atoms with E-state index in [9.17, 15) is 4.79 Å². The van der Waals surface area contributed by atoms with Gasteiger partial charge in [-0.15, -0.1) is 0 Å². The molecule has 0 fully saturated rings. The van der Waals surface area contributed by atoms with E-state index in [-0.39, 0.29) is 11.6 Å². The van der Waals surface area contributed by atoms with Gasteiger partial charge in [-0.3, -0.25) is 0 Å². The second kappa shape index (κ2) is 4.57. The molecule has 2 amide bonds. The van der Waals surface area contributed by atoms with Crippen LogP contribution in [0.2, 0.25) is 5.22 Å². The molecule has 0 aliphatic heterocycles. The summed E-state index contributed by atoms with van der Waals surface area (Å²) in [6.45, 7) is 6.07. The van der Waals surface area contributed by atoms with Gasteiger partial charge in [0, 0.05) is 5.54 Å². The van der Waals surface area contributed by atoms with Gasteiger partial charge in [0.25, 0.3) is 0 Å². The fourth-order valence-electron chi connectivity index (χ4n) is 0.999. The number of urea groups is 1. The van der Waals surface area contributed by atoms with Crippen LogP contribution in [0.25, 0.3) is 0 Å². The predicted octanol–water partition coefficient (Wildman–Crippen LogP) is 2.53. The molecule has 0 aliphatic carbocycles. The molecule has 0 aliphatic rings. The maximum Gasteiger partial charge on any atom is 0.315 e. The normalized spacial score (nSPS) is 11.2. The minimum absolute atomic E-state index is 0.227. The van der Waals surface area contributed by atoms with Crippen molar-refractivity contribution >= 4 is 17.6 Å². The number of hydrogen-bond donors (Lipinski definition) is 2. The number of halogens is 1. The van der Waals surface area contributed by atoms with Gasteiger partial charge in [-0.2, -0.15) is 0 Å². The largest absolute Gasteiger partial charge is 0.448 e. The van der Waals surface area contributed by atoms with Gasteiger partial charge in [-0.05, 0) is 44.5 Å². The molecule has 0 aromatic carbocycles. The molecule has 84 valence electrons. The Bertz CT molecular complexity index is 341. The average molecular weight is 231 g/mol. The minimum atomic E-state index is -0.245. The van der Waals surface area contributed by atoms with E-state index in [1.165, 1.54) is 0 Å². The van der Waals surface area contributed by atoms with E-state index >= 15 is 0 Å². The zero-order valence-corrected chi connectivity index (χ0v) is 9.81. The predicted molar refractivity (Wildman–Crippen MR) is 58.8 cm³/mol. The summed E-state index contributed by atoms with van der Waals surface area (Å²) in [5.41, 5.74) is -0.245. The van der Waals surface area contributed by atoms with Crippen molar-refractivity contribution in [3.8, 4) is 0 Å². The van der Waals surface area contributed by atoms with E-state index in [1.54, 1.807) is 12.1 Å². The summed E-state index contributed by atoms with van der Waals surface area (Å²) in [5, 5.41) is 5.76. The topological polar surface area (TPSA) is 54.3 Å². The van der Waals surface area contributed by atoms with Gasteiger partial charge < -0.3 is 15.1 Å². The molecule has 1 aromatic heterocycles. The lowest BCUT2D eigenvalue weighted by Crippen LogP contribution is -2.46. The van der Waals surface area contributed by atoms with E-state index < -0.39 is 0 Å². The standard InChI is InChI=1S/C10H15ClN2O2/c1-10(2,3)13-9(14)12-6-7-4-5-8(11)15-7/h4-5H,6H2,1-3H3,(H2,12,13,14). The first-order valence-corrected chi connectivity index (χ1v) is 5.05. The Labute approximate surface area is 94.0 Å². The Morgan fingerprint density at radius 1 is 1.47 bits per heavy atom. The Morgan fingerprint density at radius 2 is 2.13 bits per heavy atom. The fraction of sp³-hybridized carbons (Fsp3) is 0.500. The summed E-state index contributed by atoms with van der Waals surface area (Å²) < 4.78 is 5.09. The van der Waals surface area contributed by atoms with Crippen LogP contribution in [0.3, 0.4) is 0 Å². The fourth-order valence-corrected chi connectivity index (χ4v) is 1.16. The molecule has 0 bridgehead atoms. The summed E-state index contributed by atoms with van der Waals surface area (Å²) in [4.78, 5) is 11.3. The summed E-state index contributed by atoms with van der Waals surface area (Å²) in [5.74, 6) is 0.629. The van der Waals surface area contributed by atoms with Crippen molar-refractivity contribution < 1.29 is 9.21 Å². The lowest BCUT2D eigenvalue weighted by Gasteiger charge is -2.20. The summed E-state index contributed by atoms with van der Waals surface area (Å²) >= 11 is 5.59. The van der Waals surface area contributed by atoms with Crippen LogP contribution in [-0.2, 0) is 6.54 Å². The first-order chi connectivity index (χ1) is 6.87. The van der Waals surface area contributed by atoms with Crippen LogP contribution in [-0.4, -0.2) is 11.6 Å². The maximum absolute atomic E-state index is 11.3. The first kappa shape index (κ1) is 11.9. The van der Waals surface area contributed by atoms with Crippen molar-refractivity contribution in [3.05, 3.63) is 23.1 Å². The van der Waals surface area contributed by atoms with Gasteiger partial charge >= 0.3 is 6.03 Å². The third-order valence-corrected chi connectivity index (χ3v) is 1.74. The number of amides is 2. The van der Waals surface area contributed by atoms with E-state index in [1.807, 2.05) is 20.8 Å². The number of carbonyl (C=O) groups is 1. The Hall–Kier alpha value is -1.16. The monoisotopic (exact) mass is 230 g/mol. The number of furan rings is 1. The molecule has 0 radical (unpaired) electrons. The molecular formula is C10H15ClN2O2. The van der Waals surface area contributed by atoms with Crippen LogP contribution < -0.4 is 10.6 Å². The Kier molecular flexibility index (Phi) is 3.63. The number of nitrogens with one attached hydrogen (secondary N) is 2. The second-order valence-corrected chi connectivity index (χ2v) is 4.64. The SMILES string of the molecule is CC(C)(C)NC(=O)NCc1ccc(Cl)o1. The third kappa shape index (κ3) is 4.74. The van der Waals surface area contributed by atoms with E-state index in [0.29, 0.717) is 17.5 Å². The molecule has 1 heterocycles. The molecule has 0 saturated carbocycles. The molecular weight excluding hydrogens is 216 g/mol. The van der Waals surface area contributed by atoms with E-state index in [0.717, 1.165) is 0 Å². The van der Waals surface area contributed by atoms with Gasteiger partial charge in [0.1, 0.15) is 5.76 Å². The molecule has 2 N–H and O–H groups in total. The molecule has 15 heavy (non-hydrogen) atoms. The lowest BCUT2D eigenvalue weighted by atomic mass is 10.1. The van der Waals surface area contributed by atoms with Crippen LogP contribution in [0.5, 0.6) is 0 Å². The van der Waals surface area contributed by atoms with Crippen LogP contribution in [0.4, 0.5) is 4.79 Å². The minimum Gasteiger partial charge on any atom is -0.448 e. The molecule has 0 unspecified atom stereocenters. The molecule has 1 rings (SSSR count). The molecule has 0 saturated heterocycles. The highest BCUT2D eigenvalue weighted by molar-refractivity contribution is 6.28. The highest BCUT2D eigenvalue weighted by atomic mass is 35.5. The van der Waals surface area contributed by atoms with Crippen molar-refractivity contribution in [2.45, 2.75) is 32.9 Å². The van der Waals surface area contributed by atoms with Crippen LogP contribution in [0.15, 0.2) is 16.5 Å². The van der Waals surface area contributed by atoms with Crippen LogP contribution >= 0.6 is 11.6 Å². The van der Waals surface area contributed by atoms with Gasteiger partial charge in [0.2, 0.25) is 0 Å². The van der Waals surface area contributed by atoms with Crippen molar-refractivity contribution in [1.82, 2.24) is 10.6 Å². The Balaban J connectivity index is 2.35. The summed E-state index contributed by atoms with van der Waals surface area (Å²) in [6.07, 6.45) is 0. The summed E-state index contributed by atoms with van der Waals surface area (Å²) in [6, 6.07) is 3.13. The zero-order valence-electron chi connectivity index (χ0n) is 9.06. The van der Waals surface area contributed by atoms with Gasteiger partial charge in [-0.25, -0.2) is 4.79 Å². The first-order valence-electron chi connectivity index (χ1n) is 4.67. The van der Waals surface area contributed by atoms with Crippen LogP contribution in [0, 0.1) is 0 Å². The smallest absolute Gasteiger partial charge is 0.315 e. The number of rotatable bonds is 2. The van der Waals surface area contributed by atoms with Crippen LogP contribution in [0.1, 0.15) is 26.5 Å². The molecule has 4 nitrogen and oxygen atoms in total. The van der Waals surface area contributed by atoms with Crippen molar-refractivity contribution in [3.63, 3.8) is 0 Å². The number of hydrogen-bond acceptors (Lipinski definition) is 2. The van der Waals surface area contributed by atoms with Crippen molar-refractivity contribution in [2.24, 2.45) is 0 Å². The third-order valence-electron chi connectivity index (χ3n) is 1.54. The van der Waals surface area contributed by atoms with Crippen molar-refractivity contribution in [1.29, 1.82) is 0 Å². The van der Waals surface area contributed by atoms with Gasteiger partial charge in [0.05, 0.1) is 6.54 Å². The quantitative estimate of drug-likeness (QED) is 0.820. The maximum atomic E-state index is 11.3. The molecule has 1 aromatic rings. The van der Waals surface area contributed by atoms with Gasteiger partial charge in [0.15, 0.2) is 5.22 Å². The van der Waals surface area contributed by atoms with E-state index in [2.05, 4.69) is 10.6 Å². The Morgan fingerprint density at radius 3 is 2.60 bits per heavy atom. The average Bonchev–Trinajstić information content (AvgIpc) is 2.45. The second-order valence-electron chi connectivity index (χ2n) is 4.26. The van der Waals surface area contributed by atoms with Gasteiger partial charge in [-0.1, -0.05) is 0 Å². The molecule has 0 atom stereocenters. The molecule has 0 spiro atoms. The summed E-state index contributed by atoms with van der Waals surface area (Å²) in [7, 11) is 0. The zero-order chi connectivity index (χ0) is 11.5.